The Balaban J connectivity index is 1.68. The molecule has 0 spiro atoms. The summed E-state index contributed by atoms with van der Waals surface area (Å²) >= 11 is 5.88. The van der Waals surface area contributed by atoms with Gasteiger partial charge in [0, 0.05) is 29.2 Å². The second-order valence-corrected chi connectivity index (χ2v) is 7.29. The molecule has 5 nitrogen and oxygen atoms in total. The first kappa shape index (κ1) is 22.2. The van der Waals surface area contributed by atoms with Crippen molar-refractivity contribution in [2.75, 3.05) is 13.2 Å². The summed E-state index contributed by atoms with van der Waals surface area (Å²) in [5.41, 5.74) is 1.71. The Morgan fingerprint density at radius 2 is 1.45 bits per heavy atom. The number of benzene rings is 3. The van der Waals surface area contributed by atoms with Crippen LogP contribution in [0.15, 0.2) is 78.9 Å². The molecule has 3 rings (SSSR count). The fourth-order valence-corrected chi connectivity index (χ4v) is 3.22. The largest absolute Gasteiger partial charge is 0.452 e. The van der Waals surface area contributed by atoms with Crippen LogP contribution in [0, 0.1) is 0 Å². The minimum absolute atomic E-state index is 0.112. The molecule has 0 aliphatic rings. The van der Waals surface area contributed by atoms with Crippen molar-refractivity contribution in [1.29, 1.82) is 0 Å². The molecule has 0 N–H and O–H groups in total. The SMILES string of the molecule is CCN(Cc1ccccc1)C(=O)COC(=O)c1ccccc1C(=O)c1ccc(Cl)cc1. The van der Waals surface area contributed by atoms with Crippen LogP contribution in [0.3, 0.4) is 0 Å². The Kier molecular flexibility index (Phi) is 7.57. The highest BCUT2D eigenvalue weighted by Crippen LogP contribution is 2.18. The van der Waals surface area contributed by atoms with Crippen molar-refractivity contribution in [2.45, 2.75) is 13.5 Å². The van der Waals surface area contributed by atoms with Crippen molar-refractivity contribution in [3.63, 3.8) is 0 Å². The van der Waals surface area contributed by atoms with Crippen LogP contribution >= 0.6 is 11.6 Å². The zero-order valence-corrected chi connectivity index (χ0v) is 17.8. The number of carbonyl (C=O) groups is 3. The average molecular weight is 436 g/mol. The molecule has 0 aliphatic carbocycles. The van der Waals surface area contributed by atoms with Gasteiger partial charge in [0.2, 0.25) is 0 Å². The van der Waals surface area contributed by atoms with E-state index < -0.39 is 12.6 Å². The summed E-state index contributed by atoms with van der Waals surface area (Å²) in [4.78, 5) is 39.7. The Morgan fingerprint density at radius 3 is 2.10 bits per heavy atom. The number of ketones is 1. The number of ether oxygens (including phenoxy) is 1. The van der Waals surface area contributed by atoms with Gasteiger partial charge in [-0.25, -0.2) is 4.79 Å². The predicted molar refractivity (Wildman–Crippen MR) is 119 cm³/mol. The molecule has 0 radical (unpaired) electrons. The quantitative estimate of drug-likeness (QED) is 0.377. The summed E-state index contributed by atoms with van der Waals surface area (Å²) in [5, 5.41) is 0.513. The highest BCUT2D eigenvalue weighted by Gasteiger charge is 2.21. The Bertz CT molecular complexity index is 1060. The van der Waals surface area contributed by atoms with Gasteiger partial charge in [0.05, 0.1) is 5.56 Å². The molecule has 0 saturated carbocycles. The number of likely N-dealkylation sites (N-methyl/N-ethyl adjacent to an activating group) is 1. The molecular weight excluding hydrogens is 414 g/mol. The van der Waals surface area contributed by atoms with Gasteiger partial charge in [0.25, 0.3) is 5.91 Å². The zero-order chi connectivity index (χ0) is 22.2. The number of hydrogen-bond donors (Lipinski definition) is 0. The van der Waals surface area contributed by atoms with Gasteiger partial charge in [-0.05, 0) is 42.8 Å². The number of amides is 1. The minimum atomic E-state index is -0.720. The third-order valence-corrected chi connectivity index (χ3v) is 5.03. The van der Waals surface area contributed by atoms with Gasteiger partial charge in [-0.3, -0.25) is 9.59 Å². The Hall–Kier alpha value is -3.44. The second kappa shape index (κ2) is 10.5. The van der Waals surface area contributed by atoms with Crippen molar-refractivity contribution in [3.8, 4) is 0 Å². The standard InChI is InChI=1S/C25H22ClNO4/c1-2-27(16-18-8-4-3-5-9-18)23(28)17-31-25(30)22-11-7-6-10-21(22)24(29)19-12-14-20(26)15-13-19/h3-15H,2,16-17H2,1H3. The third-order valence-electron chi connectivity index (χ3n) is 4.78. The Labute approximate surface area is 186 Å². The highest BCUT2D eigenvalue weighted by atomic mass is 35.5. The van der Waals surface area contributed by atoms with Crippen LogP contribution in [0.5, 0.6) is 0 Å². The molecule has 158 valence electrons. The Morgan fingerprint density at radius 1 is 0.839 bits per heavy atom. The zero-order valence-electron chi connectivity index (χ0n) is 17.1. The van der Waals surface area contributed by atoms with E-state index in [2.05, 4.69) is 0 Å². The lowest BCUT2D eigenvalue weighted by molar-refractivity contribution is -0.134. The minimum Gasteiger partial charge on any atom is -0.452 e. The number of halogens is 1. The molecule has 0 bridgehead atoms. The number of esters is 1. The third kappa shape index (κ3) is 5.80. The molecule has 0 aromatic heterocycles. The van der Waals surface area contributed by atoms with Gasteiger partial charge in [-0.1, -0.05) is 60.1 Å². The van der Waals surface area contributed by atoms with Crippen LogP contribution in [0.4, 0.5) is 0 Å². The van der Waals surface area contributed by atoms with Gasteiger partial charge >= 0.3 is 5.97 Å². The van der Waals surface area contributed by atoms with E-state index in [1.165, 1.54) is 6.07 Å². The molecular formula is C25H22ClNO4. The first-order valence-corrected chi connectivity index (χ1v) is 10.3. The van der Waals surface area contributed by atoms with E-state index in [0.29, 0.717) is 23.7 Å². The van der Waals surface area contributed by atoms with E-state index in [9.17, 15) is 14.4 Å². The normalized spacial score (nSPS) is 10.4. The lowest BCUT2D eigenvalue weighted by Crippen LogP contribution is -2.34. The van der Waals surface area contributed by atoms with Crippen molar-refractivity contribution in [1.82, 2.24) is 4.90 Å². The van der Waals surface area contributed by atoms with E-state index in [1.54, 1.807) is 47.4 Å². The number of hydrogen-bond acceptors (Lipinski definition) is 4. The van der Waals surface area contributed by atoms with Crippen LogP contribution in [0.1, 0.15) is 38.8 Å². The first-order valence-electron chi connectivity index (χ1n) is 9.87. The van der Waals surface area contributed by atoms with Gasteiger partial charge in [-0.15, -0.1) is 0 Å². The van der Waals surface area contributed by atoms with Gasteiger partial charge < -0.3 is 9.64 Å². The molecule has 1 amide bonds. The van der Waals surface area contributed by atoms with Crippen LogP contribution < -0.4 is 0 Å². The van der Waals surface area contributed by atoms with Crippen LogP contribution in [0.2, 0.25) is 5.02 Å². The number of nitrogens with zero attached hydrogens (tertiary/aromatic N) is 1. The van der Waals surface area contributed by atoms with Crippen LogP contribution in [0.25, 0.3) is 0 Å². The fourth-order valence-electron chi connectivity index (χ4n) is 3.09. The maximum Gasteiger partial charge on any atom is 0.339 e. The molecule has 0 fully saturated rings. The van der Waals surface area contributed by atoms with Crippen molar-refractivity contribution < 1.29 is 19.1 Å². The monoisotopic (exact) mass is 435 g/mol. The van der Waals surface area contributed by atoms with Crippen LogP contribution in [-0.2, 0) is 16.1 Å². The van der Waals surface area contributed by atoms with E-state index in [-0.39, 0.29) is 22.8 Å². The van der Waals surface area contributed by atoms with Crippen molar-refractivity contribution in [2.24, 2.45) is 0 Å². The fraction of sp³-hybridized carbons (Fsp3) is 0.160. The molecule has 31 heavy (non-hydrogen) atoms. The van der Waals surface area contributed by atoms with Gasteiger partial charge in [0.1, 0.15) is 0 Å². The summed E-state index contributed by atoms with van der Waals surface area (Å²) in [6, 6.07) is 22.4. The summed E-state index contributed by atoms with van der Waals surface area (Å²) in [6.07, 6.45) is 0. The van der Waals surface area contributed by atoms with Crippen molar-refractivity contribution >= 4 is 29.3 Å². The summed E-state index contributed by atoms with van der Waals surface area (Å²) in [5.74, 6) is -1.35. The van der Waals surface area contributed by atoms with Gasteiger partial charge in [-0.2, -0.15) is 0 Å². The average Bonchev–Trinajstić information content (AvgIpc) is 2.81. The lowest BCUT2D eigenvalue weighted by atomic mass is 9.98. The summed E-state index contributed by atoms with van der Waals surface area (Å²) < 4.78 is 5.25. The topological polar surface area (TPSA) is 63.7 Å². The van der Waals surface area contributed by atoms with Crippen LogP contribution in [-0.4, -0.2) is 35.7 Å². The molecule has 0 aliphatic heterocycles. The predicted octanol–water partition coefficient (Wildman–Crippen LogP) is 4.78. The highest BCUT2D eigenvalue weighted by molar-refractivity contribution is 6.30. The van der Waals surface area contributed by atoms with E-state index in [4.69, 9.17) is 16.3 Å². The summed E-state index contributed by atoms with van der Waals surface area (Å²) in [6.45, 7) is 2.38. The van der Waals surface area contributed by atoms with E-state index >= 15 is 0 Å². The maximum atomic E-state index is 12.9. The van der Waals surface area contributed by atoms with Crippen molar-refractivity contribution in [3.05, 3.63) is 106 Å². The first-order chi connectivity index (χ1) is 15.0. The lowest BCUT2D eigenvalue weighted by Gasteiger charge is -2.21. The molecule has 6 heteroatoms. The smallest absolute Gasteiger partial charge is 0.339 e. The molecule has 0 atom stereocenters. The summed E-state index contributed by atoms with van der Waals surface area (Å²) in [7, 11) is 0. The molecule has 3 aromatic carbocycles. The second-order valence-electron chi connectivity index (χ2n) is 6.85. The van der Waals surface area contributed by atoms with Gasteiger partial charge in [0.15, 0.2) is 12.4 Å². The number of carbonyl (C=O) groups excluding carboxylic acids is 3. The molecule has 0 heterocycles. The molecule has 0 unspecified atom stereocenters. The number of rotatable bonds is 8. The van der Waals surface area contributed by atoms with E-state index in [0.717, 1.165) is 5.56 Å². The molecule has 3 aromatic rings. The molecule has 0 saturated heterocycles. The van der Waals surface area contributed by atoms with E-state index in [1.807, 2.05) is 37.3 Å². The maximum absolute atomic E-state index is 12.9.